The van der Waals surface area contributed by atoms with Crippen LogP contribution in [-0.4, -0.2) is 25.0 Å². The van der Waals surface area contributed by atoms with Crippen LogP contribution in [0.2, 0.25) is 0 Å². The Kier molecular flexibility index (Phi) is 5.57. The molecule has 2 atom stereocenters. The molecule has 0 bridgehead atoms. The van der Waals surface area contributed by atoms with Gasteiger partial charge >= 0.3 is 6.03 Å². The van der Waals surface area contributed by atoms with Gasteiger partial charge in [0.15, 0.2) is 0 Å². The summed E-state index contributed by atoms with van der Waals surface area (Å²) in [6.45, 7) is 3.12. The second-order valence-corrected chi connectivity index (χ2v) is 4.34. The van der Waals surface area contributed by atoms with Crippen molar-refractivity contribution in [3.63, 3.8) is 0 Å². The Hall–Kier alpha value is -2.02. The summed E-state index contributed by atoms with van der Waals surface area (Å²) < 4.78 is 26.7. The van der Waals surface area contributed by atoms with Crippen LogP contribution < -0.4 is 16.0 Å². The molecule has 5 nitrogen and oxygen atoms in total. The van der Waals surface area contributed by atoms with Gasteiger partial charge in [-0.3, -0.25) is 15.4 Å². The molecule has 0 spiro atoms. The first-order valence-electron chi connectivity index (χ1n) is 6.08. The van der Waals surface area contributed by atoms with Gasteiger partial charge in [0.2, 0.25) is 5.91 Å². The maximum atomic E-state index is 13.6. The summed E-state index contributed by atoms with van der Waals surface area (Å²) in [5, 5.41) is 7.13. The zero-order valence-corrected chi connectivity index (χ0v) is 11.5. The second kappa shape index (κ2) is 6.95. The van der Waals surface area contributed by atoms with E-state index in [1.807, 2.05) is 0 Å². The summed E-state index contributed by atoms with van der Waals surface area (Å²) in [6.07, 6.45) is 0. The van der Waals surface area contributed by atoms with Crippen LogP contribution in [0.4, 0.5) is 13.6 Å². The molecule has 7 heteroatoms. The third-order valence-corrected chi connectivity index (χ3v) is 2.78. The highest BCUT2D eigenvalue weighted by atomic mass is 19.1. The quantitative estimate of drug-likeness (QED) is 0.784. The lowest BCUT2D eigenvalue weighted by Gasteiger charge is -2.20. The van der Waals surface area contributed by atoms with E-state index in [1.165, 1.54) is 14.0 Å². The molecule has 0 saturated heterocycles. The average molecular weight is 285 g/mol. The number of amides is 3. The summed E-state index contributed by atoms with van der Waals surface area (Å²) in [7, 11) is 1.38. The van der Waals surface area contributed by atoms with Crippen LogP contribution in [0.5, 0.6) is 0 Å². The molecule has 0 heterocycles. The molecule has 0 aliphatic rings. The van der Waals surface area contributed by atoms with Crippen molar-refractivity contribution >= 4 is 11.9 Å². The Morgan fingerprint density at radius 3 is 2.45 bits per heavy atom. The molecule has 0 unspecified atom stereocenters. The maximum Gasteiger partial charge on any atom is 0.321 e. The number of carbonyl (C=O) groups is 2. The number of rotatable bonds is 4. The number of hydrogen-bond acceptors (Lipinski definition) is 3. The van der Waals surface area contributed by atoms with Crippen molar-refractivity contribution in [3.05, 3.63) is 35.4 Å². The Morgan fingerprint density at radius 2 is 1.85 bits per heavy atom. The SMILES string of the molecule is CNC(=O)NC(=O)[C@H](C)N[C@H](C)c1cc(F)ccc1F. The van der Waals surface area contributed by atoms with Gasteiger partial charge in [0.05, 0.1) is 6.04 Å². The van der Waals surface area contributed by atoms with Crippen LogP contribution >= 0.6 is 0 Å². The highest BCUT2D eigenvalue weighted by molar-refractivity contribution is 5.96. The fourth-order valence-corrected chi connectivity index (χ4v) is 1.67. The molecule has 1 rings (SSSR count). The minimum atomic E-state index is -0.745. The number of benzene rings is 1. The van der Waals surface area contributed by atoms with Gasteiger partial charge in [-0.1, -0.05) is 0 Å². The highest BCUT2D eigenvalue weighted by Crippen LogP contribution is 2.18. The molecular weight excluding hydrogens is 268 g/mol. The van der Waals surface area contributed by atoms with Crippen molar-refractivity contribution in [1.29, 1.82) is 0 Å². The van der Waals surface area contributed by atoms with Crippen LogP contribution in [0.1, 0.15) is 25.5 Å². The monoisotopic (exact) mass is 285 g/mol. The summed E-state index contributed by atoms with van der Waals surface area (Å²) >= 11 is 0. The molecule has 0 aromatic heterocycles. The summed E-state index contributed by atoms with van der Waals surface area (Å²) in [5.41, 5.74) is 0.115. The number of carbonyl (C=O) groups excluding carboxylic acids is 2. The fourth-order valence-electron chi connectivity index (χ4n) is 1.67. The lowest BCUT2D eigenvalue weighted by molar-refractivity contribution is -0.121. The molecular formula is C13H17F2N3O2. The normalized spacial score (nSPS) is 13.4. The van der Waals surface area contributed by atoms with E-state index in [0.29, 0.717) is 0 Å². The topological polar surface area (TPSA) is 70.2 Å². The first kappa shape index (κ1) is 16.0. The van der Waals surface area contributed by atoms with Gasteiger partial charge in [-0.25, -0.2) is 13.6 Å². The van der Waals surface area contributed by atoms with E-state index >= 15 is 0 Å². The van der Waals surface area contributed by atoms with Gasteiger partial charge < -0.3 is 5.32 Å². The van der Waals surface area contributed by atoms with E-state index in [9.17, 15) is 18.4 Å². The molecule has 110 valence electrons. The Labute approximate surface area is 115 Å². The third-order valence-electron chi connectivity index (χ3n) is 2.78. The fraction of sp³-hybridized carbons (Fsp3) is 0.385. The van der Waals surface area contributed by atoms with Crippen molar-refractivity contribution < 1.29 is 18.4 Å². The lowest BCUT2D eigenvalue weighted by atomic mass is 10.1. The number of nitrogens with one attached hydrogen (secondary N) is 3. The lowest BCUT2D eigenvalue weighted by Crippen LogP contribution is -2.47. The van der Waals surface area contributed by atoms with E-state index < -0.39 is 35.7 Å². The van der Waals surface area contributed by atoms with Crippen molar-refractivity contribution in [2.45, 2.75) is 25.9 Å². The largest absolute Gasteiger partial charge is 0.341 e. The first-order valence-corrected chi connectivity index (χ1v) is 6.08. The Morgan fingerprint density at radius 1 is 1.20 bits per heavy atom. The summed E-state index contributed by atoms with van der Waals surface area (Å²) in [5.74, 6) is -1.68. The summed E-state index contributed by atoms with van der Waals surface area (Å²) in [4.78, 5) is 22.6. The van der Waals surface area contributed by atoms with E-state index in [1.54, 1.807) is 6.92 Å². The van der Waals surface area contributed by atoms with Crippen LogP contribution in [0.15, 0.2) is 18.2 Å². The van der Waals surface area contributed by atoms with Crippen molar-refractivity contribution in [2.75, 3.05) is 7.05 Å². The van der Waals surface area contributed by atoms with Gasteiger partial charge in [0.25, 0.3) is 0 Å². The van der Waals surface area contributed by atoms with E-state index in [-0.39, 0.29) is 5.56 Å². The van der Waals surface area contributed by atoms with Gasteiger partial charge in [-0.15, -0.1) is 0 Å². The molecule has 20 heavy (non-hydrogen) atoms. The maximum absolute atomic E-state index is 13.6. The van der Waals surface area contributed by atoms with E-state index in [4.69, 9.17) is 0 Å². The van der Waals surface area contributed by atoms with Gasteiger partial charge in [-0.05, 0) is 32.0 Å². The minimum absolute atomic E-state index is 0.115. The van der Waals surface area contributed by atoms with Crippen molar-refractivity contribution in [1.82, 2.24) is 16.0 Å². The van der Waals surface area contributed by atoms with Gasteiger partial charge in [-0.2, -0.15) is 0 Å². The highest BCUT2D eigenvalue weighted by Gasteiger charge is 2.19. The van der Waals surface area contributed by atoms with Crippen LogP contribution in [-0.2, 0) is 4.79 Å². The number of hydrogen-bond donors (Lipinski definition) is 3. The molecule has 0 fully saturated rings. The standard InChI is InChI=1S/C13H17F2N3O2/c1-7(10-6-9(14)4-5-11(10)15)17-8(2)12(19)18-13(20)16-3/h4-8,17H,1-3H3,(H2,16,18,19,20)/t7-,8+/m1/s1. The number of halogens is 2. The number of imide groups is 1. The summed E-state index contributed by atoms with van der Waals surface area (Å²) in [6, 6.07) is 1.15. The third kappa shape index (κ3) is 4.27. The predicted octanol–water partition coefficient (Wildman–Crippen LogP) is 1.46. The molecule has 3 N–H and O–H groups in total. The second-order valence-electron chi connectivity index (χ2n) is 4.34. The molecule has 0 aliphatic heterocycles. The molecule has 1 aromatic carbocycles. The van der Waals surface area contributed by atoms with Crippen LogP contribution in [0, 0.1) is 11.6 Å². The predicted molar refractivity (Wildman–Crippen MR) is 70.0 cm³/mol. The van der Waals surface area contributed by atoms with Crippen LogP contribution in [0.25, 0.3) is 0 Å². The van der Waals surface area contributed by atoms with Crippen molar-refractivity contribution in [2.24, 2.45) is 0 Å². The van der Waals surface area contributed by atoms with Crippen LogP contribution in [0.3, 0.4) is 0 Å². The minimum Gasteiger partial charge on any atom is -0.341 e. The molecule has 0 radical (unpaired) electrons. The first-order chi connectivity index (χ1) is 9.35. The number of urea groups is 1. The Bertz CT molecular complexity index is 508. The molecule has 0 saturated carbocycles. The Balaban J connectivity index is 2.70. The molecule has 0 aliphatic carbocycles. The van der Waals surface area contributed by atoms with E-state index in [0.717, 1.165) is 18.2 Å². The van der Waals surface area contributed by atoms with Gasteiger partial charge in [0.1, 0.15) is 11.6 Å². The zero-order chi connectivity index (χ0) is 15.3. The van der Waals surface area contributed by atoms with E-state index in [2.05, 4.69) is 16.0 Å². The zero-order valence-electron chi connectivity index (χ0n) is 11.5. The van der Waals surface area contributed by atoms with Crippen molar-refractivity contribution in [3.8, 4) is 0 Å². The van der Waals surface area contributed by atoms with Gasteiger partial charge in [0, 0.05) is 18.7 Å². The smallest absolute Gasteiger partial charge is 0.321 e. The average Bonchev–Trinajstić information content (AvgIpc) is 2.40. The molecule has 1 aromatic rings. The molecule has 3 amide bonds.